The number of amides is 1. The summed E-state index contributed by atoms with van der Waals surface area (Å²) in [6.45, 7) is 2.27. The lowest BCUT2D eigenvalue weighted by molar-refractivity contribution is -0.143. The number of hydrogen-bond acceptors (Lipinski definition) is 5. The second-order valence-electron chi connectivity index (χ2n) is 5.84. The number of aromatic nitrogens is 2. The van der Waals surface area contributed by atoms with Gasteiger partial charge in [0.25, 0.3) is 11.5 Å². The first kappa shape index (κ1) is 16.2. The van der Waals surface area contributed by atoms with E-state index in [2.05, 4.69) is 4.98 Å². The molecule has 1 saturated carbocycles. The molecule has 0 aliphatic heterocycles. The predicted molar refractivity (Wildman–Crippen MR) is 86.7 cm³/mol. The zero-order chi connectivity index (χ0) is 17.1. The van der Waals surface area contributed by atoms with E-state index >= 15 is 0 Å². The number of carbonyl (C=O) groups excluding carboxylic acids is 2. The lowest BCUT2D eigenvalue weighted by Crippen LogP contribution is -2.40. The number of pyridine rings is 1. The first-order chi connectivity index (χ1) is 11.6. The maximum atomic E-state index is 12.8. The minimum absolute atomic E-state index is 0.0383. The van der Waals surface area contributed by atoms with Crippen molar-refractivity contribution in [1.82, 2.24) is 14.3 Å². The molecular formula is C17H19N3O4. The molecule has 2 aromatic heterocycles. The maximum absolute atomic E-state index is 12.8. The number of esters is 1. The summed E-state index contributed by atoms with van der Waals surface area (Å²) in [5.41, 5.74) is -0.00269. The van der Waals surface area contributed by atoms with E-state index in [9.17, 15) is 14.4 Å². The van der Waals surface area contributed by atoms with Crippen LogP contribution in [0.5, 0.6) is 0 Å². The van der Waals surface area contributed by atoms with Crippen LogP contribution < -0.4 is 5.56 Å². The molecule has 2 heterocycles. The summed E-state index contributed by atoms with van der Waals surface area (Å²) >= 11 is 0. The number of carbonyl (C=O) groups is 2. The van der Waals surface area contributed by atoms with Crippen LogP contribution in [0.15, 0.2) is 35.4 Å². The number of ether oxygens (including phenoxy) is 1. The quantitative estimate of drug-likeness (QED) is 0.742. The third kappa shape index (κ3) is 3.45. The zero-order valence-electron chi connectivity index (χ0n) is 13.5. The van der Waals surface area contributed by atoms with Crippen LogP contribution in [0.1, 0.15) is 30.1 Å². The Labute approximate surface area is 138 Å². The fourth-order valence-corrected chi connectivity index (χ4v) is 2.54. The monoisotopic (exact) mass is 329 g/mol. The van der Waals surface area contributed by atoms with Crippen molar-refractivity contribution in [3.05, 3.63) is 46.5 Å². The smallest absolute Gasteiger partial charge is 0.325 e. The van der Waals surface area contributed by atoms with Crippen molar-refractivity contribution in [2.24, 2.45) is 5.92 Å². The molecule has 0 spiro atoms. The van der Waals surface area contributed by atoms with Gasteiger partial charge in [0.2, 0.25) is 0 Å². The summed E-state index contributed by atoms with van der Waals surface area (Å²) in [5, 5.41) is 0. The second-order valence-corrected chi connectivity index (χ2v) is 5.84. The van der Waals surface area contributed by atoms with Gasteiger partial charge in [-0.2, -0.15) is 0 Å². The van der Waals surface area contributed by atoms with Gasteiger partial charge in [0.15, 0.2) is 0 Å². The molecule has 0 bridgehead atoms. The van der Waals surface area contributed by atoms with Crippen LogP contribution in [0, 0.1) is 5.92 Å². The molecule has 0 unspecified atom stereocenters. The van der Waals surface area contributed by atoms with E-state index in [1.807, 2.05) is 0 Å². The number of fused-ring (bicyclic) bond motifs is 1. The Bertz CT molecular complexity index is 826. The van der Waals surface area contributed by atoms with Crippen molar-refractivity contribution in [2.75, 3.05) is 19.7 Å². The van der Waals surface area contributed by atoms with Crippen LogP contribution in [0.3, 0.4) is 0 Å². The molecule has 1 fully saturated rings. The molecular weight excluding hydrogens is 310 g/mol. The summed E-state index contributed by atoms with van der Waals surface area (Å²) in [7, 11) is 0. The van der Waals surface area contributed by atoms with Crippen molar-refractivity contribution in [3.8, 4) is 0 Å². The summed E-state index contributed by atoms with van der Waals surface area (Å²) in [5.74, 6) is -0.564. The van der Waals surface area contributed by atoms with Crippen LogP contribution >= 0.6 is 0 Å². The minimum atomic E-state index is -0.481. The Hall–Kier alpha value is -2.70. The van der Waals surface area contributed by atoms with E-state index in [-0.39, 0.29) is 18.7 Å². The van der Waals surface area contributed by atoms with E-state index in [1.54, 1.807) is 31.3 Å². The molecule has 24 heavy (non-hydrogen) atoms. The van der Waals surface area contributed by atoms with Gasteiger partial charge in [-0.15, -0.1) is 0 Å². The van der Waals surface area contributed by atoms with Gasteiger partial charge >= 0.3 is 5.97 Å². The molecule has 2 aromatic rings. The lowest BCUT2D eigenvalue weighted by Gasteiger charge is -2.21. The highest BCUT2D eigenvalue weighted by Gasteiger charge is 2.30. The predicted octanol–water partition coefficient (Wildman–Crippen LogP) is 1.11. The van der Waals surface area contributed by atoms with E-state index in [1.165, 1.54) is 15.5 Å². The van der Waals surface area contributed by atoms with Gasteiger partial charge in [-0.3, -0.25) is 18.8 Å². The normalized spacial score (nSPS) is 13.7. The Balaban J connectivity index is 1.90. The SMILES string of the molecule is CCOC(=O)CN(CC1CC1)C(=O)c1cnc2ccccn2c1=O. The van der Waals surface area contributed by atoms with Crippen molar-refractivity contribution in [3.63, 3.8) is 0 Å². The fraction of sp³-hybridized carbons (Fsp3) is 0.412. The van der Waals surface area contributed by atoms with E-state index in [0.29, 0.717) is 18.1 Å². The molecule has 3 rings (SSSR count). The molecule has 126 valence electrons. The van der Waals surface area contributed by atoms with Crippen LogP contribution in [-0.2, 0) is 9.53 Å². The molecule has 0 atom stereocenters. The Morgan fingerprint density at radius 3 is 2.88 bits per heavy atom. The molecule has 7 heteroatoms. The molecule has 0 saturated heterocycles. The average Bonchev–Trinajstić information content (AvgIpc) is 3.38. The van der Waals surface area contributed by atoms with Crippen molar-refractivity contribution < 1.29 is 14.3 Å². The highest BCUT2D eigenvalue weighted by molar-refractivity contribution is 5.95. The van der Waals surface area contributed by atoms with Crippen molar-refractivity contribution >= 4 is 17.5 Å². The molecule has 0 aromatic carbocycles. The minimum Gasteiger partial charge on any atom is -0.465 e. The maximum Gasteiger partial charge on any atom is 0.325 e. The first-order valence-corrected chi connectivity index (χ1v) is 8.01. The van der Waals surface area contributed by atoms with E-state index < -0.39 is 17.4 Å². The molecule has 0 radical (unpaired) electrons. The zero-order valence-corrected chi connectivity index (χ0v) is 13.5. The van der Waals surface area contributed by atoms with Crippen molar-refractivity contribution in [1.29, 1.82) is 0 Å². The van der Waals surface area contributed by atoms with Crippen LogP contribution in [0.4, 0.5) is 0 Å². The Morgan fingerprint density at radius 2 is 2.17 bits per heavy atom. The number of nitrogens with zero attached hydrogens (tertiary/aromatic N) is 3. The molecule has 7 nitrogen and oxygen atoms in total. The summed E-state index contributed by atoms with van der Waals surface area (Å²) < 4.78 is 6.26. The number of rotatable bonds is 6. The van der Waals surface area contributed by atoms with Gasteiger partial charge in [0.1, 0.15) is 17.8 Å². The number of hydrogen-bond donors (Lipinski definition) is 0. The van der Waals surface area contributed by atoms with Gasteiger partial charge < -0.3 is 9.64 Å². The molecule has 1 amide bonds. The summed E-state index contributed by atoms with van der Waals surface area (Å²) in [6, 6.07) is 5.16. The highest BCUT2D eigenvalue weighted by atomic mass is 16.5. The average molecular weight is 329 g/mol. The van der Waals surface area contributed by atoms with Crippen LogP contribution in [0.2, 0.25) is 0 Å². The highest BCUT2D eigenvalue weighted by Crippen LogP contribution is 2.30. The summed E-state index contributed by atoms with van der Waals surface area (Å²) in [6.07, 6.45) is 4.91. The largest absolute Gasteiger partial charge is 0.465 e. The van der Waals surface area contributed by atoms with Gasteiger partial charge in [0.05, 0.1) is 6.61 Å². The third-order valence-corrected chi connectivity index (χ3v) is 3.93. The standard InChI is InChI=1S/C17H19N3O4/c1-2-24-15(21)11-19(10-12-6-7-12)16(22)13-9-18-14-5-3-4-8-20(14)17(13)23/h3-5,8-9,12H,2,6-7,10-11H2,1H3. The van der Waals surface area contributed by atoms with E-state index in [0.717, 1.165) is 12.8 Å². The topological polar surface area (TPSA) is 81.0 Å². The van der Waals surface area contributed by atoms with Crippen LogP contribution in [-0.4, -0.2) is 45.9 Å². The third-order valence-electron chi connectivity index (χ3n) is 3.93. The van der Waals surface area contributed by atoms with Gasteiger partial charge in [-0.1, -0.05) is 6.07 Å². The molecule has 1 aliphatic rings. The summed E-state index contributed by atoms with van der Waals surface area (Å²) in [4.78, 5) is 42.6. The molecule has 0 N–H and O–H groups in total. The second kappa shape index (κ2) is 6.82. The molecule has 1 aliphatic carbocycles. The Morgan fingerprint density at radius 1 is 1.38 bits per heavy atom. The van der Waals surface area contributed by atoms with Crippen molar-refractivity contribution in [2.45, 2.75) is 19.8 Å². The fourth-order valence-electron chi connectivity index (χ4n) is 2.54. The van der Waals surface area contributed by atoms with Gasteiger partial charge in [0, 0.05) is 18.9 Å². The van der Waals surface area contributed by atoms with Gasteiger partial charge in [-0.05, 0) is 37.8 Å². The lowest BCUT2D eigenvalue weighted by atomic mass is 10.2. The first-order valence-electron chi connectivity index (χ1n) is 8.01. The van der Waals surface area contributed by atoms with Gasteiger partial charge in [-0.25, -0.2) is 4.98 Å². The van der Waals surface area contributed by atoms with Crippen LogP contribution in [0.25, 0.3) is 5.65 Å². The van der Waals surface area contributed by atoms with E-state index in [4.69, 9.17) is 4.74 Å². The Kier molecular flexibility index (Phi) is 4.59.